The first kappa shape index (κ1) is 13.3. The first-order valence-electron chi connectivity index (χ1n) is 5.20. The molecule has 0 saturated heterocycles. The van der Waals surface area contributed by atoms with Gasteiger partial charge in [0.2, 0.25) is 5.82 Å². The predicted molar refractivity (Wildman–Crippen MR) is 58.8 cm³/mol. The quantitative estimate of drug-likeness (QED) is 0.804. The third-order valence-corrected chi connectivity index (χ3v) is 2.38. The van der Waals surface area contributed by atoms with Crippen LogP contribution in [0.25, 0.3) is 11.3 Å². The average molecular weight is 272 g/mol. The highest BCUT2D eigenvalue weighted by Gasteiger charge is 2.17. The van der Waals surface area contributed by atoms with Crippen molar-refractivity contribution in [2.24, 2.45) is 0 Å². The van der Waals surface area contributed by atoms with Gasteiger partial charge in [0.15, 0.2) is 11.6 Å². The Bertz CT molecular complexity index is 604. The third-order valence-electron chi connectivity index (χ3n) is 2.38. The molecule has 0 spiro atoms. The van der Waals surface area contributed by atoms with Crippen molar-refractivity contribution in [2.75, 3.05) is 0 Å². The van der Waals surface area contributed by atoms with Gasteiger partial charge in [0.1, 0.15) is 6.33 Å². The second kappa shape index (κ2) is 5.21. The first-order valence-corrected chi connectivity index (χ1v) is 5.20. The minimum absolute atomic E-state index is 0.134. The molecule has 0 N–H and O–H groups in total. The molecule has 0 atom stereocenters. The predicted octanol–water partition coefficient (Wildman–Crippen LogP) is 3.33. The van der Waals surface area contributed by atoms with Gasteiger partial charge in [-0.15, -0.1) is 0 Å². The van der Waals surface area contributed by atoms with Crippen LogP contribution >= 0.6 is 0 Å². The van der Waals surface area contributed by atoms with Crippen LogP contribution in [0.2, 0.25) is 0 Å². The van der Waals surface area contributed by atoms with Crippen LogP contribution in [-0.4, -0.2) is 16.6 Å². The van der Waals surface area contributed by atoms with Crippen LogP contribution in [0.15, 0.2) is 24.7 Å². The lowest BCUT2D eigenvalue weighted by Crippen LogP contribution is -2.05. The number of alkyl halides is 2. The van der Waals surface area contributed by atoms with E-state index in [1.807, 2.05) is 0 Å². The molecule has 0 aliphatic heterocycles. The zero-order chi connectivity index (χ0) is 14.0. The van der Waals surface area contributed by atoms with Crippen molar-refractivity contribution < 1.29 is 22.3 Å². The molecular formula is C12H8F4N2O. The monoisotopic (exact) mass is 272 g/mol. The molecular weight excluding hydrogens is 264 g/mol. The summed E-state index contributed by atoms with van der Waals surface area (Å²) in [5.41, 5.74) is 1.04. The van der Waals surface area contributed by atoms with Gasteiger partial charge in [-0.3, -0.25) is 0 Å². The number of aryl methyl sites for hydroxylation is 1. The number of hydrogen-bond acceptors (Lipinski definition) is 3. The van der Waals surface area contributed by atoms with Gasteiger partial charge >= 0.3 is 6.61 Å². The molecule has 0 aliphatic carbocycles. The molecule has 100 valence electrons. The van der Waals surface area contributed by atoms with E-state index in [1.165, 1.54) is 12.5 Å². The highest BCUT2D eigenvalue weighted by molar-refractivity contribution is 5.64. The van der Waals surface area contributed by atoms with Gasteiger partial charge in [0.25, 0.3) is 0 Å². The smallest absolute Gasteiger partial charge is 0.387 e. The summed E-state index contributed by atoms with van der Waals surface area (Å²) >= 11 is 0. The molecule has 0 bridgehead atoms. The van der Waals surface area contributed by atoms with Crippen LogP contribution in [0.3, 0.4) is 0 Å². The van der Waals surface area contributed by atoms with E-state index in [0.717, 1.165) is 12.1 Å². The zero-order valence-electron chi connectivity index (χ0n) is 9.70. The Morgan fingerprint density at radius 1 is 1.21 bits per heavy atom. The SMILES string of the molecule is Cc1cncnc1-c1cc(F)c(F)c(OC(F)F)c1. The Labute approximate surface area is 105 Å². The van der Waals surface area contributed by atoms with Crippen LogP contribution in [0.4, 0.5) is 17.6 Å². The number of rotatable bonds is 3. The summed E-state index contributed by atoms with van der Waals surface area (Å²) in [7, 11) is 0. The normalized spacial score (nSPS) is 10.8. The van der Waals surface area contributed by atoms with Crippen molar-refractivity contribution in [1.29, 1.82) is 0 Å². The number of aromatic nitrogens is 2. The van der Waals surface area contributed by atoms with Crippen molar-refractivity contribution in [3.05, 3.63) is 41.9 Å². The molecule has 19 heavy (non-hydrogen) atoms. The Morgan fingerprint density at radius 3 is 2.58 bits per heavy atom. The minimum Gasteiger partial charge on any atom is -0.432 e. The van der Waals surface area contributed by atoms with Crippen molar-refractivity contribution >= 4 is 0 Å². The van der Waals surface area contributed by atoms with Gasteiger partial charge in [0, 0.05) is 11.8 Å². The lowest BCUT2D eigenvalue weighted by atomic mass is 10.1. The Morgan fingerprint density at radius 2 is 1.95 bits per heavy atom. The van der Waals surface area contributed by atoms with Crippen molar-refractivity contribution in [3.8, 4) is 17.0 Å². The highest BCUT2D eigenvalue weighted by atomic mass is 19.3. The van der Waals surface area contributed by atoms with Gasteiger partial charge in [-0.25, -0.2) is 14.4 Å². The lowest BCUT2D eigenvalue weighted by molar-refractivity contribution is -0.0524. The Balaban J connectivity index is 2.54. The largest absolute Gasteiger partial charge is 0.432 e. The van der Waals surface area contributed by atoms with Crippen LogP contribution in [0.5, 0.6) is 5.75 Å². The summed E-state index contributed by atoms with van der Waals surface area (Å²) in [4.78, 5) is 7.65. The number of halogens is 4. The van der Waals surface area contributed by atoms with Crippen LogP contribution in [-0.2, 0) is 0 Å². The van der Waals surface area contributed by atoms with Gasteiger partial charge in [-0.05, 0) is 24.6 Å². The number of ether oxygens (including phenoxy) is 1. The van der Waals surface area contributed by atoms with E-state index in [1.54, 1.807) is 6.92 Å². The van der Waals surface area contributed by atoms with Crippen molar-refractivity contribution in [2.45, 2.75) is 13.5 Å². The second-order valence-corrected chi connectivity index (χ2v) is 3.70. The molecule has 0 radical (unpaired) electrons. The summed E-state index contributed by atoms with van der Waals surface area (Å²) < 4.78 is 54.8. The minimum atomic E-state index is -3.24. The molecule has 0 unspecified atom stereocenters. The molecule has 2 rings (SSSR count). The first-order chi connectivity index (χ1) is 8.99. The molecule has 0 fully saturated rings. The maximum absolute atomic E-state index is 13.4. The molecule has 2 aromatic rings. The van der Waals surface area contributed by atoms with Gasteiger partial charge in [0.05, 0.1) is 5.69 Å². The number of benzene rings is 1. The molecule has 0 aliphatic rings. The zero-order valence-corrected chi connectivity index (χ0v) is 9.70. The molecule has 7 heteroatoms. The van der Waals surface area contributed by atoms with Crippen LogP contribution in [0.1, 0.15) is 5.56 Å². The van der Waals surface area contributed by atoms with Gasteiger partial charge < -0.3 is 4.74 Å². The molecule has 0 amide bonds. The van der Waals surface area contributed by atoms with E-state index in [-0.39, 0.29) is 5.56 Å². The van der Waals surface area contributed by atoms with E-state index < -0.39 is 24.0 Å². The summed E-state index contributed by atoms with van der Waals surface area (Å²) in [6.07, 6.45) is 2.69. The standard InChI is InChI=1S/C12H8F4N2O/c1-6-4-17-5-18-11(6)7-2-8(13)10(14)9(3-7)19-12(15)16/h2-5,12H,1H3. The average Bonchev–Trinajstić information content (AvgIpc) is 2.35. The van der Waals surface area contributed by atoms with Crippen molar-refractivity contribution in [1.82, 2.24) is 9.97 Å². The van der Waals surface area contributed by atoms with E-state index >= 15 is 0 Å². The third kappa shape index (κ3) is 2.81. The summed E-state index contributed by atoms with van der Waals surface area (Å²) in [5.74, 6) is -3.61. The van der Waals surface area contributed by atoms with Crippen LogP contribution in [0, 0.1) is 18.6 Å². The van der Waals surface area contributed by atoms with Gasteiger partial charge in [-0.1, -0.05) is 0 Å². The van der Waals surface area contributed by atoms with E-state index in [0.29, 0.717) is 11.3 Å². The van der Waals surface area contributed by atoms with Crippen LogP contribution < -0.4 is 4.74 Å². The van der Waals surface area contributed by atoms with Gasteiger partial charge in [-0.2, -0.15) is 13.2 Å². The fraction of sp³-hybridized carbons (Fsp3) is 0.167. The summed E-state index contributed by atoms with van der Waals surface area (Å²) in [5, 5.41) is 0. The maximum atomic E-state index is 13.4. The molecule has 1 heterocycles. The highest BCUT2D eigenvalue weighted by Crippen LogP contribution is 2.29. The number of hydrogen-bond donors (Lipinski definition) is 0. The van der Waals surface area contributed by atoms with Crippen molar-refractivity contribution in [3.63, 3.8) is 0 Å². The number of nitrogens with zero attached hydrogens (tertiary/aromatic N) is 2. The summed E-state index contributed by atoms with van der Waals surface area (Å²) in [6.45, 7) is -1.58. The molecule has 3 nitrogen and oxygen atoms in total. The van der Waals surface area contributed by atoms with E-state index in [4.69, 9.17) is 0 Å². The maximum Gasteiger partial charge on any atom is 0.387 e. The lowest BCUT2D eigenvalue weighted by Gasteiger charge is -2.10. The Kier molecular flexibility index (Phi) is 3.64. The van der Waals surface area contributed by atoms with E-state index in [2.05, 4.69) is 14.7 Å². The molecule has 0 saturated carbocycles. The molecule has 1 aromatic heterocycles. The molecule has 1 aromatic carbocycles. The second-order valence-electron chi connectivity index (χ2n) is 3.70. The summed E-state index contributed by atoms with van der Waals surface area (Å²) in [6, 6.07) is 1.84. The van der Waals surface area contributed by atoms with E-state index in [9.17, 15) is 17.6 Å². The fourth-order valence-corrected chi connectivity index (χ4v) is 1.58. The topological polar surface area (TPSA) is 35.0 Å². The Hall–Kier alpha value is -2.18. The fourth-order valence-electron chi connectivity index (χ4n) is 1.58.